The average molecular weight is 246 g/mol. The van der Waals surface area contributed by atoms with Crippen LogP contribution in [0.1, 0.15) is 5.56 Å². The Hall–Kier alpha value is -2.30. The largest absolute Gasteiger partial charge is 0.466 e. The van der Waals surface area contributed by atoms with Gasteiger partial charge in [0, 0.05) is 19.3 Å². The van der Waals surface area contributed by atoms with Crippen molar-refractivity contribution in [2.75, 3.05) is 19.5 Å². The zero-order valence-corrected chi connectivity index (χ0v) is 10.3. The topological polar surface area (TPSA) is 58.6 Å². The summed E-state index contributed by atoms with van der Waals surface area (Å²) < 4.78 is 4.54. The summed E-state index contributed by atoms with van der Waals surface area (Å²) in [5.74, 6) is -0.796. The molecule has 2 rings (SSSR count). The molecule has 0 unspecified atom stereocenters. The van der Waals surface area contributed by atoms with Crippen LogP contribution < -0.4 is 5.32 Å². The first-order chi connectivity index (χ1) is 8.61. The van der Waals surface area contributed by atoms with Gasteiger partial charge >= 0.3 is 5.97 Å². The van der Waals surface area contributed by atoms with E-state index in [-0.39, 0.29) is 11.6 Å². The first-order valence-electron chi connectivity index (χ1n) is 5.52. The highest BCUT2D eigenvalue weighted by Gasteiger charge is 2.22. The molecule has 0 saturated heterocycles. The van der Waals surface area contributed by atoms with Gasteiger partial charge in [-0.15, -0.1) is 0 Å². The minimum Gasteiger partial charge on any atom is -0.466 e. The molecule has 0 aromatic heterocycles. The van der Waals surface area contributed by atoms with E-state index in [2.05, 4.69) is 10.1 Å². The molecule has 0 spiro atoms. The van der Waals surface area contributed by atoms with E-state index in [1.807, 2.05) is 24.3 Å². The third-order valence-electron chi connectivity index (χ3n) is 2.73. The highest BCUT2D eigenvalue weighted by atomic mass is 16.5. The van der Waals surface area contributed by atoms with Crippen LogP contribution in [0.2, 0.25) is 0 Å². The molecule has 0 atom stereocenters. The van der Waals surface area contributed by atoms with Crippen molar-refractivity contribution in [3.05, 3.63) is 41.6 Å². The van der Waals surface area contributed by atoms with E-state index in [0.717, 1.165) is 11.3 Å². The lowest BCUT2D eigenvalue weighted by atomic mass is 10.2. The fourth-order valence-electron chi connectivity index (χ4n) is 1.79. The minimum atomic E-state index is -0.557. The Morgan fingerprint density at radius 2 is 2.17 bits per heavy atom. The number of para-hydroxylation sites is 1. The Morgan fingerprint density at radius 1 is 1.44 bits per heavy atom. The lowest BCUT2D eigenvalue weighted by Crippen LogP contribution is -2.28. The predicted octanol–water partition coefficient (Wildman–Crippen LogP) is 1.13. The Bertz CT molecular complexity index is 523. The standard InChI is InChI=1S/C13H14N2O3/c1-15-8-9-5-3-4-6-10(9)14-11(13(15)17)7-12(16)18-2/h3-7,14H,8H2,1-2H3/b11-7-. The molecule has 5 nitrogen and oxygen atoms in total. The van der Waals surface area contributed by atoms with E-state index in [1.54, 1.807) is 11.9 Å². The lowest BCUT2D eigenvalue weighted by molar-refractivity contribution is -0.135. The number of likely N-dealkylation sites (N-methyl/N-ethyl adjacent to an activating group) is 1. The fraction of sp³-hybridized carbons (Fsp3) is 0.231. The minimum absolute atomic E-state index is 0.217. The van der Waals surface area contributed by atoms with E-state index in [4.69, 9.17) is 0 Å². The summed E-state index contributed by atoms with van der Waals surface area (Å²) in [7, 11) is 2.97. The molecular formula is C13H14N2O3. The number of carbonyl (C=O) groups excluding carboxylic acids is 2. The SMILES string of the molecule is COC(=O)/C=C1\Nc2ccccc2CN(C)C1=O. The van der Waals surface area contributed by atoms with Crippen LogP contribution in [-0.2, 0) is 20.9 Å². The quantitative estimate of drug-likeness (QED) is 0.596. The van der Waals surface area contributed by atoms with Crippen molar-refractivity contribution in [2.45, 2.75) is 6.54 Å². The summed E-state index contributed by atoms with van der Waals surface area (Å²) in [6.07, 6.45) is 1.17. The van der Waals surface area contributed by atoms with Gasteiger partial charge in [-0.3, -0.25) is 4.79 Å². The van der Waals surface area contributed by atoms with Gasteiger partial charge in [0.1, 0.15) is 5.70 Å². The smallest absolute Gasteiger partial charge is 0.332 e. The van der Waals surface area contributed by atoms with E-state index < -0.39 is 5.97 Å². The highest BCUT2D eigenvalue weighted by molar-refractivity contribution is 6.02. The predicted molar refractivity (Wildman–Crippen MR) is 66.6 cm³/mol. The van der Waals surface area contributed by atoms with E-state index in [9.17, 15) is 9.59 Å². The molecule has 1 aliphatic rings. The molecule has 1 aromatic carbocycles. The average Bonchev–Trinajstić information content (AvgIpc) is 2.49. The number of nitrogens with zero attached hydrogens (tertiary/aromatic N) is 1. The van der Waals surface area contributed by atoms with Crippen molar-refractivity contribution in [3.63, 3.8) is 0 Å². The van der Waals surface area contributed by atoms with Gasteiger partial charge in [-0.1, -0.05) is 18.2 Å². The van der Waals surface area contributed by atoms with E-state index >= 15 is 0 Å². The van der Waals surface area contributed by atoms with Crippen molar-refractivity contribution in [1.29, 1.82) is 0 Å². The van der Waals surface area contributed by atoms with Crippen LogP contribution in [0.3, 0.4) is 0 Å². The van der Waals surface area contributed by atoms with Crippen LogP contribution in [0, 0.1) is 0 Å². The van der Waals surface area contributed by atoms with Crippen molar-refractivity contribution in [1.82, 2.24) is 4.90 Å². The van der Waals surface area contributed by atoms with Gasteiger partial charge in [-0.2, -0.15) is 0 Å². The van der Waals surface area contributed by atoms with Gasteiger partial charge in [-0.25, -0.2) is 4.79 Å². The molecule has 1 aromatic rings. The van der Waals surface area contributed by atoms with Gasteiger partial charge in [0.2, 0.25) is 0 Å². The van der Waals surface area contributed by atoms with Crippen molar-refractivity contribution in [2.24, 2.45) is 0 Å². The van der Waals surface area contributed by atoms with Gasteiger partial charge < -0.3 is 15.0 Å². The first-order valence-corrected chi connectivity index (χ1v) is 5.52. The summed E-state index contributed by atoms with van der Waals surface area (Å²) in [6, 6.07) is 7.59. The van der Waals surface area contributed by atoms with Gasteiger partial charge in [0.25, 0.3) is 5.91 Å². The molecule has 18 heavy (non-hydrogen) atoms. The van der Waals surface area contributed by atoms with Gasteiger partial charge in [0.15, 0.2) is 0 Å². The number of esters is 1. The maximum absolute atomic E-state index is 12.1. The third kappa shape index (κ3) is 2.34. The second-order valence-corrected chi connectivity index (χ2v) is 4.02. The lowest BCUT2D eigenvalue weighted by Gasteiger charge is -2.14. The number of benzene rings is 1. The summed E-state index contributed by atoms with van der Waals surface area (Å²) in [5, 5.41) is 2.97. The fourth-order valence-corrected chi connectivity index (χ4v) is 1.79. The summed E-state index contributed by atoms with van der Waals surface area (Å²) in [6.45, 7) is 0.501. The summed E-state index contributed by atoms with van der Waals surface area (Å²) >= 11 is 0. The highest BCUT2D eigenvalue weighted by Crippen LogP contribution is 2.23. The summed E-state index contributed by atoms with van der Waals surface area (Å²) in [4.78, 5) is 24.8. The van der Waals surface area contributed by atoms with Crippen LogP contribution in [0.25, 0.3) is 0 Å². The molecule has 94 valence electrons. The number of carbonyl (C=O) groups is 2. The number of nitrogens with one attached hydrogen (secondary N) is 1. The van der Waals surface area contributed by atoms with E-state index in [0.29, 0.717) is 6.54 Å². The first kappa shape index (κ1) is 12.2. The maximum atomic E-state index is 12.1. The number of anilines is 1. The van der Waals surface area contributed by atoms with Gasteiger partial charge in [0.05, 0.1) is 13.2 Å². The maximum Gasteiger partial charge on any atom is 0.332 e. The van der Waals surface area contributed by atoms with Crippen molar-refractivity contribution >= 4 is 17.6 Å². The second-order valence-electron chi connectivity index (χ2n) is 4.02. The molecule has 5 heteroatoms. The van der Waals surface area contributed by atoms with Crippen LogP contribution >= 0.6 is 0 Å². The van der Waals surface area contributed by atoms with Crippen molar-refractivity contribution < 1.29 is 14.3 Å². The molecule has 0 fully saturated rings. The Labute approximate surface area is 105 Å². The number of hydrogen-bond donors (Lipinski definition) is 1. The van der Waals surface area contributed by atoms with Crippen LogP contribution in [0.4, 0.5) is 5.69 Å². The molecular weight excluding hydrogens is 232 g/mol. The third-order valence-corrected chi connectivity index (χ3v) is 2.73. The Morgan fingerprint density at radius 3 is 2.89 bits per heavy atom. The molecule has 0 bridgehead atoms. The summed E-state index contributed by atoms with van der Waals surface area (Å²) in [5.41, 5.74) is 2.04. The Balaban J connectivity index is 2.41. The second kappa shape index (κ2) is 4.91. The molecule has 0 aliphatic carbocycles. The molecule has 0 radical (unpaired) electrons. The molecule has 1 amide bonds. The van der Waals surface area contributed by atoms with Crippen LogP contribution in [0.5, 0.6) is 0 Å². The van der Waals surface area contributed by atoms with Gasteiger partial charge in [-0.05, 0) is 11.6 Å². The number of methoxy groups -OCH3 is 1. The number of hydrogen-bond acceptors (Lipinski definition) is 4. The van der Waals surface area contributed by atoms with E-state index in [1.165, 1.54) is 13.2 Å². The van der Waals surface area contributed by atoms with Crippen LogP contribution in [0.15, 0.2) is 36.0 Å². The van der Waals surface area contributed by atoms with Crippen molar-refractivity contribution in [3.8, 4) is 0 Å². The zero-order chi connectivity index (χ0) is 13.1. The molecule has 1 heterocycles. The Kier molecular flexibility index (Phi) is 3.32. The van der Waals surface area contributed by atoms with Crippen LogP contribution in [-0.4, -0.2) is 30.9 Å². The molecule has 0 saturated carbocycles. The number of ether oxygens (including phenoxy) is 1. The zero-order valence-electron chi connectivity index (χ0n) is 10.3. The number of fused-ring (bicyclic) bond motifs is 1. The molecule has 1 aliphatic heterocycles. The number of amides is 1. The normalized spacial score (nSPS) is 16.9. The molecule has 1 N–H and O–H groups in total. The number of rotatable bonds is 1. The monoisotopic (exact) mass is 246 g/mol.